The zero-order valence-electron chi connectivity index (χ0n) is 11.0. The first kappa shape index (κ1) is 16.3. The number of rotatable bonds is 4. The number of halogens is 2. The predicted molar refractivity (Wildman–Crippen MR) is 81.2 cm³/mol. The Labute approximate surface area is 137 Å². The molecule has 2 aromatic rings. The van der Waals surface area contributed by atoms with Gasteiger partial charge in [-0.05, 0) is 29.6 Å². The van der Waals surface area contributed by atoms with E-state index in [4.69, 9.17) is 0 Å². The van der Waals surface area contributed by atoms with Gasteiger partial charge < -0.3 is 4.74 Å². The van der Waals surface area contributed by atoms with Crippen molar-refractivity contribution in [3.05, 3.63) is 56.4 Å². The van der Waals surface area contributed by atoms with Crippen LogP contribution in [0.25, 0.3) is 0 Å². The molecule has 2 amide bonds. The first-order valence-electron chi connectivity index (χ1n) is 5.97. The molecule has 5 nitrogen and oxygen atoms in total. The minimum atomic E-state index is -0.988. The molecule has 0 saturated heterocycles. The Morgan fingerprint density at radius 2 is 2.05 bits per heavy atom. The van der Waals surface area contributed by atoms with Crippen molar-refractivity contribution in [2.45, 2.75) is 0 Å². The molecule has 1 heterocycles. The third-order valence-electron chi connectivity index (χ3n) is 2.48. The van der Waals surface area contributed by atoms with Gasteiger partial charge in [-0.1, -0.05) is 22.0 Å². The summed E-state index contributed by atoms with van der Waals surface area (Å²) in [6, 6.07) is 6.99. The molecule has 0 fully saturated rings. The van der Waals surface area contributed by atoms with Crippen LogP contribution in [0.2, 0.25) is 0 Å². The van der Waals surface area contributed by atoms with Gasteiger partial charge in [0.2, 0.25) is 0 Å². The molecule has 2 rings (SSSR count). The molecule has 8 heteroatoms. The van der Waals surface area contributed by atoms with Crippen LogP contribution in [0.1, 0.15) is 20.0 Å². The Bertz CT molecular complexity index is 718. The number of carbonyl (C=O) groups excluding carboxylic acids is 3. The highest BCUT2D eigenvalue weighted by atomic mass is 79.9. The van der Waals surface area contributed by atoms with E-state index in [-0.39, 0.29) is 5.56 Å². The lowest BCUT2D eigenvalue weighted by Crippen LogP contribution is -2.33. The summed E-state index contributed by atoms with van der Waals surface area (Å²) in [6.45, 7) is -0.679. The molecule has 22 heavy (non-hydrogen) atoms. The molecule has 0 atom stereocenters. The van der Waals surface area contributed by atoms with E-state index in [1.54, 1.807) is 17.5 Å². The minimum Gasteiger partial charge on any atom is -0.452 e. The number of hydrogen-bond acceptors (Lipinski definition) is 5. The van der Waals surface area contributed by atoms with Crippen LogP contribution in [0.4, 0.5) is 4.39 Å². The molecule has 1 N–H and O–H groups in total. The number of ether oxygens (including phenoxy) is 1. The number of amides is 2. The maximum absolute atomic E-state index is 13.5. The summed E-state index contributed by atoms with van der Waals surface area (Å²) in [5, 5.41) is 3.76. The summed E-state index contributed by atoms with van der Waals surface area (Å²) < 4.78 is 18.6. The van der Waals surface area contributed by atoms with Crippen LogP contribution in [0.3, 0.4) is 0 Å². The van der Waals surface area contributed by atoms with E-state index in [0.29, 0.717) is 9.35 Å². The molecule has 0 saturated carbocycles. The van der Waals surface area contributed by atoms with E-state index in [0.717, 1.165) is 6.07 Å². The van der Waals surface area contributed by atoms with Crippen LogP contribution in [0.5, 0.6) is 0 Å². The van der Waals surface area contributed by atoms with Crippen molar-refractivity contribution >= 4 is 45.1 Å². The molecule has 1 aromatic heterocycles. The average molecular weight is 386 g/mol. The maximum atomic E-state index is 13.5. The average Bonchev–Trinajstić information content (AvgIpc) is 3.01. The van der Waals surface area contributed by atoms with Gasteiger partial charge >= 0.3 is 5.97 Å². The van der Waals surface area contributed by atoms with Crippen LogP contribution in [-0.4, -0.2) is 24.4 Å². The lowest BCUT2D eigenvalue weighted by Gasteiger charge is -2.06. The summed E-state index contributed by atoms with van der Waals surface area (Å²) in [7, 11) is 0. The second-order valence-corrected chi connectivity index (χ2v) is 5.92. The summed E-state index contributed by atoms with van der Waals surface area (Å²) in [5.41, 5.74) is -0.299. The monoisotopic (exact) mass is 385 g/mol. The van der Waals surface area contributed by atoms with Gasteiger partial charge in [-0.15, -0.1) is 11.3 Å². The Kier molecular flexibility index (Phi) is 5.40. The maximum Gasteiger partial charge on any atom is 0.341 e. The number of benzene rings is 1. The van der Waals surface area contributed by atoms with E-state index in [1.165, 1.54) is 23.5 Å². The minimum absolute atomic E-state index is 0.299. The van der Waals surface area contributed by atoms with Gasteiger partial charge in [0.15, 0.2) is 6.61 Å². The van der Waals surface area contributed by atoms with E-state index >= 15 is 0 Å². The SMILES string of the molecule is O=C(COC(=O)c1cc(Br)ccc1F)NC(=O)c1cccs1. The normalized spacial score (nSPS) is 10.1. The highest BCUT2D eigenvalue weighted by Gasteiger charge is 2.17. The van der Waals surface area contributed by atoms with Gasteiger partial charge in [0, 0.05) is 4.47 Å². The van der Waals surface area contributed by atoms with Crippen molar-refractivity contribution in [1.82, 2.24) is 5.32 Å². The van der Waals surface area contributed by atoms with Gasteiger partial charge in [-0.3, -0.25) is 14.9 Å². The summed E-state index contributed by atoms with van der Waals surface area (Å²) in [6.07, 6.45) is 0. The first-order valence-corrected chi connectivity index (χ1v) is 7.64. The highest BCUT2D eigenvalue weighted by Crippen LogP contribution is 2.16. The molecule has 0 radical (unpaired) electrons. The van der Waals surface area contributed by atoms with Crippen molar-refractivity contribution < 1.29 is 23.5 Å². The van der Waals surface area contributed by atoms with Crippen molar-refractivity contribution in [2.75, 3.05) is 6.61 Å². The Hall–Kier alpha value is -2.06. The number of esters is 1. The fraction of sp³-hybridized carbons (Fsp3) is 0.0714. The number of imide groups is 1. The van der Waals surface area contributed by atoms with Crippen molar-refractivity contribution in [1.29, 1.82) is 0 Å². The molecule has 1 aromatic carbocycles. The topological polar surface area (TPSA) is 72.5 Å². The van der Waals surface area contributed by atoms with Gasteiger partial charge in [-0.2, -0.15) is 0 Å². The number of thiophene rings is 1. The zero-order valence-corrected chi connectivity index (χ0v) is 13.4. The summed E-state index contributed by atoms with van der Waals surface area (Å²) >= 11 is 4.27. The Balaban J connectivity index is 1.89. The largest absolute Gasteiger partial charge is 0.452 e. The second-order valence-electron chi connectivity index (χ2n) is 4.05. The standard InChI is InChI=1S/C14H9BrFNO4S/c15-8-3-4-10(16)9(6-8)14(20)21-7-12(18)17-13(19)11-2-1-5-22-11/h1-6H,7H2,(H,17,18,19). The Morgan fingerprint density at radius 3 is 2.73 bits per heavy atom. The lowest BCUT2D eigenvalue weighted by atomic mass is 10.2. The number of carbonyl (C=O) groups is 3. The lowest BCUT2D eigenvalue weighted by molar-refractivity contribution is -0.123. The van der Waals surface area contributed by atoms with Crippen molar-refractivity contribution in [3.8, 4) is 0 Å². The van der Waals surface area contributed by atoms with Crippen LogP contribution in [0.15, 0.2) is 40.2 Å². The third-order valence-corrected chi connectivity index (χ3v) is 3.84. The van der Waals surface area contributed by atoms with Crippen LogP contribution in [0, 0.1) is 5.82 Å². The first-order chi connectivity index (χ1) is 10.5. The molecular weight excluding hydrogens is 377 g/mol. The summed E-state index contributed by atoms with van der Waals surface area (Å²) in [4.78, 5) is 35.2. The van der Waals surface area contributed by atoms with E-state index in [1.807, 2.05) is 0 Å². The molecule has 0 aliphatic carbocycles. The molecule has 0 aliphatic heterocycles. The predicted octanol–water partition coefficient (Wildman–Crippen LogP) is 2.76. The molecule has 0 spiro atoms. The summed E-state index contributed by atoms with van der Waals surface area (Å²) in [5.74, 6) is -3.12. The fourth-order valence-corrected chi connectivity index (χ4v) is 2.47. The Morgan fingerprint density at radius 1 is 1.27 bits per heavy atom. The quantitative estimate of drug-likeness (QED) is 0.821. The fourth-order valence-electron chi connectivity index (χ4n) is 1.49. The van der Waals surface area contributed by atoms with E-state index in [9.17, 15) is 18.8 Å². The molecular formula is C14H9BrFNO4S. The molecule has 0 unspecified atom stereocenters. The van der Waals surface area contributed by atoms with Crippen molar-refractivity contribution in [2.24, 2.45) is 0 Å². The van der Waals surface area contributed by atoms with E-state index < -0.39 is 30.2 Å². The molecule has 0 aliphatic rings. The molecule has 114 valence electrons. The molecule has 0 bridgehead atoms. The smallest absolute Gasteiger partial charge is 0.341 e. The van der Waals surface area contributed by atoms with Gasteiger partial charge in [0.05, 0.1) is 10.4 Å². The second kappa shape index (κ2) is 7.28. The van der Waals surface area contributed by atoms with Crippen LogP contribution >= 0.6 is 27.3 Å². The number of hydrogen-bond donors (Lipinski definition) is 1. The van der Waals surface area contributed by atoms with E-state index in [2.05, 4.69) is 26.0 Å². The third kappa shape index (κ3) is 4.22. The van der Waals surface area contributed by atoms with Crippen LogP contribution in [-0.2, 0) is 9.53 Å². The van der Waals surface area contributed by atoms with Gasteiger partial charge in [0.25, 0.3) is 11.8 Å². The zero-order chi connectivity index (χ0) is 16.1. The highest BCUT2D eigenvalue weighted by molar-refractivity contribution is 9.10. The number of nitrogens with one attached hydrogen (secondary N) is 1. The van der Waals surface area contributed by atoms with Crippen LogP contribution < -0.4 is 5.32 Å². The van der Waals surface area contributed by atoms with Crippen molar-refractivity contribution in [3.63, 3.8) is 0 Å². The van der Waals surface area contributed by atoms with Gasteiger partial charge in [0.1, 0.15) is 5.82 Å². The van der Waals surface area contributed by atoms with Gasteiger partial charge in [-0.25, -0.2) is 9.18 Å².